The Morgan fingerprint density at radius 2 is 1.43 bits per heavy atom. The molecule has 0 spiro atoms. The Kier molecular flexibility index (Phi) is 4.04. The lowest BCUT2D eigenvalue weighted by atomic mass is 9.69. The van der Waals surface area contributed by atoms with E-state index in [1.165, 1.54) is 0 Å². The second kappa shape index (κ2) is 4.24. The standard InChI is InChI=1S/C12H22O2/c1-7-9(13)12(6,8-2)10(14)11(3,4)5/h7-8H2,1-6H3. The van der Waals surface area contributed by atoms with Crippen LogP contribution in [0.3, 0.4) is 0 Å². The van der Waals surface area contributed by atoms with E-state index in [0.717, 1.165) is 0 Å². The largest absolute Gasteiger partial charge is 0.299 e. The summed E-state index contributed by atoms with van der Waals surface area (Å²) in [6, 6.07) is 0. The molecule has 0 saturated heterocycles. The predicted octanol–water partition coefficient (Wildman–Crippen LogP) is 3.00. The van der Waals surface area contributed by atoms with Crippen molar-refractivity contribution in [2.75, 3.05) is 0 Å². The second-order valence-electron chi connectivity index (χ2n) is 5.04. The number of carbonyl (C=O) groups is 2. The number of hydrogen-bond acceptors (Lipinski definition) is 2. The first-order valence-electron chi connectivity index (χ1n) is 5.28. The molecule has 14 heavy (non-hydrogen) atoms. The van der Waals surface area contributed by atoms with Gasteiger partial charge in [-0.3, -0.25) is 9.59 Å². The normalized spacial score (nSPS) is 16.1. The Labute approximate surface area is 87.1 Å². The summed E-state index contributed by atoms with van der Waals surface area (Å²) in [7, 11) is 0. The smallest absolute Gasteiger partial charge is 0.151 e. The first kappa shape index (κ1) is 13.3. The van der Waals surface area contributed by atoms with E-state index in [4.69, 9.17) is 0 Å². The van der Waals surface area contributed by atoms with Gasteiger partial charge in [-0.05, 0) is 13.3 Å². The van der Waals surface area contributed by atoms with Crippen molar-refractivity contribution in [2.24, 2.45) is 10.8 Å². The maximum atomic E-state index is 12.1. The highest BCUT2D eigenvalue weighted by Gasteiger charge is 2.42. The second-order valence-corrected chi connectivity index (χ2v) is 5.04. The quantitative estimate of drug-likeness (QED) is 0.651. The maximum absolute atomic E-state index is 12.1. The molecule has 0 aromatic rings. The van der Waals surface area contributed by atoms with Crippen LogP contribution in [0.1, 0.15) is 54.4 Å². The van der Waals surface area contributed by atoms with E-state index in [-0.39, 0.29) is 11.6 Å². The molecule has 0 N–H and O–H groups in total. The average molecular weight is 198 g/mol. The third-order valence-electron chi connectivity index (χ3n) is 2.83. The topological polar surface area (TPSA) is 34.1 Å². The summed E-state index contributed by atoms with van der Waals surface area (Å²) in [5.41, 5.74) is -1.22. The number of rotatable bonds is 4. The first-order valence-corrected chi connectivity index (χ1v) is 5.28. The molecule has 0 aromatic heterocycles. The zero-order chi connectivity index (χ0) is 11.6. The van der Waals surface area contributed by atoms with Gasteiger partial charge in [0.1, 0.15) is 5.78 Å². The van der Waals surface area contributed by atoms with Gasteiger partial charge in [0, 0.05) is 11.8 Å². The number of ketones is 2. The minimum atomic E-state index is -0.785. The van der Waals surface area contributed by atoms with Gasteiger partial charge in [0.25, 0.3) is 0 Å². The van der Waals surface area contributed by atoms with Crippen LogP contribution in [-0.4, -0.2) is 11.6 Å². The molecule has 0 rings (SSSR count). The molecule has 0 heterocycles. The fourth-order valence-corrected chi connectivity index (χ4v) is 1.70. The van der Waals surface area contributed by atoms with Crippen LogP contribution in [0, 0.1) is 10.8 Å². The minimum Gasteiger partial charge on any atom is -0.299 e. The summed E-state index contributed by atoms with van der Waals surface area (Å²) in [6.45, 7) is 11.1. The fourth-order valence-electron chi connectivity index (χ4n) is 1.70. The molecule has 0 aliphatic carbocycles. The zero-order valence-electron chi connectivity index (χ0n) is 10.2. The highest BCUT2D eigenvalue weighted by molar-refractivity contribution is 6.08. The lowest BCUT2D eigenvalue weighted by Gasteiger charge is -2.31. The van der Waals surface area contributed by atoms with Gasteiger partial charge >= 0.3 is 0 Å². The van der Waals surface area contributed by atoms with E-state index in [1.54, 1.807) is 6.92 Å². The molecule has 0 aliphatic heterocycles. The predicted molar refractivity (Wildman–Crippen MR) is 58.2 cm³/mol. The molecule has 0 saturated carbocycles. The fraction of sp³-hybridized carbons (Fsp3) is 0.833. The monoisotopic (exact) mass is 198 g/mol. The van der Waals surface area contributed by atoms with Crippen LogP contribution in [0.5, 0.6) is 0 Å². The molecule has 0 aromatic carbocycles. The van der Waals surface area contributed by atoms with Crippen molar-refractivity contribution in [2.45, 2.75) is 54.4 Å². The molecule has 1 unspecified atom stereocenters. The first-order chi connectivity index (χ1) is 6.20. The van der Waals surface area contributed by atoms with Gasteiger partial charge in [-0.25, -0.2) is 0 Å². The third kappa shape index (κ3) is 2.43. The molecule has 2 nitrogen and oxygen atoms in total. The lowest BCUT2D eigenvalue weighted by Crippen LogP contribution is -2.42. The lowest BCUT2D eigenvalue weighted by molar-refractivity contribution is -0.145. The molecule has 0 radical (unpaired) electrons. The Balaban J connectivity index is 5.07. The Morgan fingerprint density at radius 3 is 1.64 bits per heavy atom. The van der Waals surface area contributed by atoms with Crippen molar-refractivity contribution in [3.05, 3.63) is 0 Å². The van der Waals surface area contributed by atoms with Crippen molar-refractivity contribution in [1.82, 2.24) is 0 Å². The summed E-state index contributed by atoms with van der Waals surface area (Å²) >= 11 is 0. The van der Waals surface area contributed by atoms with Gasteiger partial charge < -0.3 is 0 Å². The molecule has 82 valence electrons. The molecular weight excluding hydrogens is 176 g/mol. The van der Waals surface area contributed by atoms with E-state index in [9.17, 15) is 9.59 Å². The molecule has 0 bridgehead atoms. The Bertz CT molecular complexity index is 235. The summed E-state index contributed by atoms with van der Waals surface area (Å²) in [5, 5.41) is 0. The van der Waals surface area contributed by atoms with E-state index in [0.29, 0.717) is 12.8 Å². The number of hydrogen-bond donors (Lipinski definition) is 0. The molecule has 0 amide bonds. The molecule has 1 atom stereocenters. The SMILES string of the molecule is CCC(=O)C(C)(CC)C(=O)C(C)(C)C. The van der Waals surface area contributed by atoms with Gasteiger partial charge in [0.05, 0.1) is 5.41 Å². The molecule has 0 fully saturated rings. The Hall–Kier alpha value is -0.660. The highest BCUT2D eigenvalue weighted by atomic mass is 16.2. The Morgan fingerprint density at radius 1 is 1.00 bits per heavy atom. The highest BCUT2D eigenvalue weighted by Crippen LogP contribution is 2.33. The van der Waals surface area contributed by atoms with Crippen molar-refractivity contribution >= 4 is 11.6 Å². The number of Topliss-reactive ketones (excluding diaryl/α,β-unsaturated/α-hetero) is 2. The van der Waals surface area contributed by atoms with Gasteiger partial charge in [0.2, 0.25) is 0 Å². The third-order valence-corrected chi connectivity index (χ3v) is 2.83. The molecule has 2 heteroatoms. The zero-order valence-corrected chi connectivity index (χ0v) is 10.2. The van der Waals surface area contributed by atoms with E-state index in [1.807, 2.05) is 34.6 Å². The maximum Gasteiger partial charge on any atom is 0.151 e. The van der Waals surface area contributed by atoms with Crippen molar-refractivity contribution < 1.29 is 9.59 Å². The number of carbonyl (C=O) groups excluding carboxylic acids is 2. The van der Waals surface area contributed by atoms with E-state index < -0.39 is 10.8 Å². The van der Waals surface area contributed by atoms with Crippen molar-refractivity contribution in [3.8, 4) is 0 Å². The van der Waals surface area contributed by atoms with Gasteiger partial charge in [-0.1, -0.05) is 34.6 Å². The average Bonchev–Trinajstić information content (AvgIpc) is 2.12. The summed E-state index contributed by atoms with van der Waals surface area (Å²) < 4.78 is 0. The van der Waals surface area contributed by atoms with Gasteiger partial charge in [-0.15, -0.1) is 0 Å². The summed E-state index contributed by atoms with van der Waals surface area (Å²) in [4.78, 5) is 23.8. The van der Waals surface area contributed by atoms with Crippen molar-refractivity contribution in [3.63, 3.8) is 0 Å². The van der Waals surface area contributed by atoms with Crippen LogP contribution in [0.4, 0.5) is 0 Å². The van der Waals surface area contributed by atoms with Gasteiger partial charge in [0.15, 0.2) is 5.78 Å². The van der Waals surface area contributed by atoms with Crippen LogP contribution in [-0.2, 0) is 9.59 Å². The van der Waals surface area contributed by atoms with Crippen LogP contribution in [0.15, 0.2) is 0 Å². The summed E-state index contributed by atoms with van der Waals surface area (Å²) in [6.07, 6.45) is 1.03. The van der Waals surface area contributed by atoms with Crippen LogP contribution >= 0.6 is 0 Å². The van der Waals surface area contributed by atoms with Crippen LogP contribution < -0.4 is 0 Å². The molecular formula is C12H22O2. The van der Waals surface area contributed by atoms with Gasteiger partial charge in [-0.2, -0.15) is 0 Å². The van der Waals surface area contributed by atoms with Crippen LogP contribution in [0.2, 0.25) is 0 Å². The van der Waals surface area contributed by atoms with E-state index in [2.05, 4.69) is 0 Å². The van der Waals surface area contributed by atoms with Crippen molar-refractivity contribution in [1.29, 1.82) is 0 Å². The summed E-state index contributed by atoms with van der Waals surface area (Å²) in [5.74, 6) is 0.110. The van der Waals surface area contributed by atoms with E-state index >= 15 is 0 Å². The minimum absolute atomic E-state index is 0.0550. The molecule has 0 aliphatic rings. The van der Waals surface area contributed by atoms with Crippen LogP contribution in [0.25, 0.3) is 0 Å².